The van der Waals surface area contributed by atoms with Crippen LogP contribution in [0, 0.1) is 11.7 Å². The van der Waals surface area contributed by atoms with Gasteiger partial charge < -0.3 is 14.4 Å². The fourth-order valence-corrected chi connectivity index (χ4v) is 4.51. The Morgan fingerprint density at radius 1 is 1.21 bits per heavy atom. The standard InChI is InChI=1S/C27H26FNO4/c1-32-20-10-11-23(28)22(14-20)27-26(18-8-9-18)24(33-29-27)12-5-16-3-2-4-19(13-16)21(15-25(30)31)17-6-7-17/h2-5,10-14,17-18,21H,6-9,15H2,1H3,(H,30,31)/b12-5+/t21-/m1/s1. The first kappa shape index (κ1) is 21.4. The number of carboxylic acid groups (broad SMARTS) is 1. The quantitative estimate of drug-likeness (QED) is 0.405. The van der Waals surface area contributed by atoms with E-state index in [1.807, 2.05) is 30.4 Å². The van der Waals surface area contributed by atoms with E-state index >= 15 is 0 Å². The summed E-state index contributed by atoms with van der Waals surface area (Å²) in [6, 6.07) is 12.6. The Balaban J connectivity index is 1.45. The molecule has 0 amide bonds. The van der Waals surface area contributed by atoms with Gasteiger partial charge in [0.05, 0.1) is 13.5 Å². The van der Waals surface area contributed by atoms with Gasteiger partial charge in [-0.2, -0.15) is 0 Å². The van der Waals surface area contributed by atoms with E-state index in [2.05, 4.69) is 11.2 Å². The number of carbonyl (C=O) groups is 1. The van der Waals surface area contributed by atoms with Crippen molar-refractivity contribution < 1.29 is 23.6 Å². The average molecular weight is 448 g/mol. The van der Waals surface area contributed by atoms with Gasteiger partial charge in [-0.15, -0.1) is 0 Å². The first-order chi connectivity index (χ1) is 16.0. The highest BCUT2D eigenvalue weighted by atomic mass is 19.1. The number of nitrogens with zero attached hydrogens (tertiary/aromatic N) is 1. The maximum atomic E-state index is 14.6. The van der Waals surface area contributed by atoms with E-state index in [1.54, 1.807) is 19.2 Å². The van der Waals surface area contributed by atoms with Gasteiger partial charge in [-0.1, -0.05) is 35.5 Å². The molecule has 33 heavy (non-hydrogen) atoms. The molecule has 1 N–H and O–H groups in total. The number of methoxy groups -OCH3 is 1. The summed E-state index contributed by atoms with van der Waals surface area (Å²) in [5.41, 5.74) is 3.86. The van der Waals surface area contributed by atoms with Crippen LogP contribution in [-0.2, 0) is 4.79 Å². The van der Waals surface area contributed by atoms with Gasteiger partial charge in [-0.05, 0) is 78.8 Å². The molecule has 0 aliphatic heterocycles. The van der Waals surface area contributed by atoms with Crippen molar-refractivity contribution in [2.75, 3.05) is 7.11 Å². The molecular weight excluding hydrogens is 421 g/mol. The van der Waals surface area contributed by atoms with Crippen LogP contribution in [0.3, 0.4) is 0 Å². The molecular formula is C27H26FNO4. The molecule has 2 fully saturated rings. The largest absolute Gasteiger partial charge is 0.497 e. The molecule has 2 aliphatic carbocycles. The third-order valence-electron chi connectivity index (χ3n) is 6.52. The molecule has 3 aromatic rings. The summed E-state index contributed by atoms with van der Waals surface area (Å²) in [4.78, 5) is 11.3. The SMILES string of the molecule is COc1ccc(F)c(-c2noc(/C=C/c3cccc([C@H](CC(=O)O)C4CC4)c3)c2C2CC2)c1. The van der Waals surface area contributed by atoms with E-state index in [4.69, 9.17) is 9.26 Å². The fraction of sp³-hybridized carbons (Fsp3) is 0.333. The lowest BCUT2D eigenvalue weighted by Gasteiger charge is -2.15. The lowest BCUT2D eigenvalue weighted by atomic mass is 9.90. The molecule has 0 spiro atoms. The zero-order valence-electron chi connectivity index (χ0n) is 18.5. The summed E-state index contributed by atoms with van der Waals surface area (Å²) in [5.74, 6) is 0.875. The minimum absolute atomic E-state index is 0.0470. The van der Waals surface area contributed by atoms with E-state index in [0.717, 1.165) is 42.4 Å². The second-order valence-electron chi connectivity index (χ2n) is 8.97. The second-order valence-corrected chi connectivity index (χ2v) is 8.97. The minimum Gasteiger partial charge on any atom is -0.497 e. The molecule has 2 aliphatic rings. The predicted molar refractivity (Wildman–Crippen MR) is 124 cm³/mol. The Bertz CT molecular complexity index is 1210. The van der Waals surface area contributed by atoms with Crippen molar-refractivity contribution in [3.05, 3.63) is 70.7 Å². The Morgan fingerprint density at radius 3 is 2.73 bits per heavy atom. The van der Waals surface area contributed by atoms with E-state index in [0.29, 0.717) is 34.6 Å². The number of hydrogen-bond donors (Lipinski definition) is 1. The molecule has 1 atom stereocenters. The summed E-state index contributed by atoms with van der Waals surface area (Å²) in [5, 5.41) is 13.5. The van der Waals surface area contributed by atoms with Crippen molar-refractivity contribution in [3.8, 4) is 17.0 Å². The maximum Gasteiger partial charge on any atom is 0.303 e. The first-order valence-electron chi connectivity index (χ1n) is 11.4. The smallest absolute Gasteiger partial charge is 0.303 e. The lowest BCUT2D eigenvalue weighted by molar-refractivity contribution is -0.137. The predicted octanol–water partition coefficient (Wildman–Crippen LogP) is 6.51. The lowest BCUT2D eigenvalue weighted by Crippen LogP contribution is -2.08. The minimum atomic E-state index is -0.763. The highest BCUT2D eigenvalue weighted by Crippen LogP contribution is 2.47. The number of aromatic nitrogens is 1. The zero-order chi connectivity index (χ0) is 22.9. The third kappa shape index (κ3) is 4.70. The van der Waals surface area contributed by atoms with Crippen molar-refractivity contribution in [2.45, 2.75) is 43.9 Å². The number of benzene rings is 2. The molecule has 2 aromatic carbocycles. The van der Waals surface area contributed by atoms with Crippen LogP contribution in [0.25, 0.3) is 23.4 Å². The van der Waals surface area contributed by atoms with Crippen LogP contribution in [0.15, 0.2) is 47.0 Å². The van der Waals surface area contributed by atoms with Crippen molar-refractivity contribution >= 4 is 18.1 Å². The highest BCUT2D eigenvalue weighted by molar-refractivity contribution is 5.75. The molecule has 170 valence electrons. The Morgan fingerprint density at radius 2 is 2.03 bits per heavy atom. The molecule has 1 aromatic heterocycles. The van der Waals surface area contributed by atoms with Crippen molar-refractivity contribution in [3.63, 3.8) is 0 Å². The van der Waals surface area contributed by atoms with E-state index in [1.165, 1.54) is 6.07 Å². The van der Waals surface area contributed by atoms with Gasteiger partial charge in [-0.3, -0.25) is 4.79 Å². The van der Waals surface area contributed by atoms with Gasteiger partial charge in [0.25, 0.3) is 0 Å². The molecule has 2 saturated carbocycles. The highest BCUT2D eigenvalue weighted by Gasteiger charge is 2.34. The van der Waals surface area contributed by atoms with Gasteiger partial charge in [-0.25, -0.2) is 4.39 Å². The Labute approximate surface area is 191 Å². The van der Waals surface area contributed by atoms with E-state index < -0.39 is 5.97 Å². The van der Waals surface area contributed by atoms with Gasteiger partial charge in [0.2, 0.25) is 0 Å². The van der Waals surface area contributed by atoms with Crippen LogP contribution in [0.5, 0.6) is 5.75 Å². The number of carboxylic acids is 1. The average Bonchev–Trinajstić information content (AvgIpc) is 3.75. The number of rotatable bonds is 9. The monoisotopic (exact) mass is 447 g/mol. The second kappa shape index (κ2) is 8.85. The summed E-state index contributed by atoms with van der Waals surface area (Å²) < 4.78 is 25.5. The summed E-state index contributed by atoms with van der Waals surface area (Å²) in [6.45, 7) is 0. The molecule has 0 unspecified atom stereocenters. The van der Waals surface area contributed by atoms with Crippen LogP contribution in [0.4, 0.5) is 4.39 Å². The number of aliphatic carboxylic acids is 1. The summed E-state index contributed by atoms with van der Waals surface area (Å²) >= 11 is 0. The van der Waals surface area contributed by atoms with Crippen molar-refractivity contribution in [1.29, 1.82) is 0 Å². The van der Waals surface area contributed by atoms with Gasteiger partial charge in [0, 0.05) is 11.1 Å². The first-order valence-corrected chi connectivity index (χ1v) is 11.4. The van der Waals surface area contributed by atoms with Crippen LogP contribution in [-0.4, -0.2) is 23.3 Å². The molecule has 5 nitrogen and oxygen atoms in total. The van der Waals surface area contributed by atoms with Crippen LogP contribution in [0.1, 0.15) is 66.4 Å². The van der Waals surface area contributed by atoms with Crippen LogP contribution >= 0.6 is 0 Å². The van der Waals surface area contributed by atoms with Crippen LogP contribution in [0.2, 0.25) is 0 Å². The zero-order valence-corrected chi connectivity index (χ0v) is 18.5. The van der Waals surface area contributed by atoms with Gasteiger partial charge in [0.15, 0.2) is 5.76 Å². The summed E-state index contributed by atoms with van der Waals surface area (Å²) in [7, 11) is 1.55. The molecule has 0 radical (unpaired) electrons. The Kier molecular flexibility index (Phi) is 5.75. The van der Waals surface area contributed by atoms with Crippen molar-refractivity contribution in [1.82, 2.24) is 5.16 Å². The molecule has 1 heterocycles. The topological polar surface area (TPSA) is 72.6 Å². The van der Waals surface area contributed by atoms with Gasteiger partial charge in [0.1, 0.15) is 17.3 Å². The number of halogens is 1. The summed E-state index contributed by atoms with van der Waals surface area (Å²) in [6.07, 6.45) is 8.20. The fourth-order valence-electron chi connectivity index (χ4n) is 4.51. The van der Waals surface area contributed by atoms with Crippen LogP contribution < -0.4 is 4.74 Å². The maximum absolute atomic E-state index is 14.6. The van der Waals surface area contributed by atoms with E-state index in [-0.39, 0.29) is 18.2 Å². The Hall–Kier alpha value is -3.41. The number of ether oxygens (including phenoxy) is 1. The van der Waals surface area contributed by atoms with Crippen molar-refractivity contribution in [2.24, 2.45) is 5.92 Å². The third-order valence-corrected chi connectivity index (χ3v) is 6.52. The van der Waals surface area contributed by atoms with E-state index in [9.17, 15) is 14.3 Å². The normalized spacial score (nSPS) is 16.8. The molecule has 5 rings (SSSR count). The molecule has 6 heteroatoms. The van der Waals surface area contributed by atoms with Gasteiger partial charge >= 0.3 is 5.97 Å². The molecule has 0 bridgehead atoms. The molecule has 0 saturated heterocycles. The number of hydrogen-bond acceptors (Lipinski definition) is 4.